The van der Waals surface area contributed by atoms with E-state index in [0.717, 1.165) is 5.92 Å². The Morgan fingerprint density at radius 1 is 1.11 bits per heavy atom. The monoisotopic (exact) mass is 148 g/mol. The van der Waals surface area contributed by atoms with E-state index in [1.54, 1.807) is 0 Å². The van der Waals surface area contributed by atoms with Gasteiger partial charge in [-0.15, -0.1) is 0 Å². The Bertz CT molecular complexity index is 69.1. The summed E-state index contributed by atoms with van der Waals surface area (Å²) in [6.07, 6.45) is 8.55. The van der Waals surface area contributed by atoms with Crippen molar-refractivity contribution in [2.45, 2.75) is 20.3 Å². The van der Waals surface area contributed by atoms with Crippen LogP contribution in [-0.4, -0.2) is 24.5 Å². The van der Waals surface area contributed by atoms with Crippen molar-refractivity contribution >= 4 is 10.0 Å². The van der Waals surface area contributed by atoms with Gasteiger partial charge in [0.2, 0.25) is 0 Å². The summed E-state index contributed by atoms with van der Waals surface area (Å²) in [5.74, 6) is 2.32. The number of hydrogen-bond acceptors (Lipinski definition) is 0. The molecule has 0 spiro atoms. The lowest BCUT2D eigenvalue weighted by molar-refractivity contribution is 0.630. The van der Waals surface area contributed by atoms with Crippen LogP contribution >= 0.6 is 10.0 Å². The lowest BCUT2D eigenvalue weighted by Crippen LogP contribution is -2.01. The van der Waals surface area contributed by atoms with Gasteiger partial charge in [0, 0.05) is 0 Å². The summed E-state index contributed by atoms with van der Waals surface area (Å²) < 4.78 is 0. The maximum absolute atomic E-state index is 2.38. The maximum atomic E-state index is 2.38. The second-order valence-electron chi connectivity index (χ2n) is 3.98. The SMILES string of the molecule is CC(C)CCS(C)(C)C. The topological polar surface area (TPSA) is 0 Å². The summed E-state index contributed by atoms with van der Waals surface area (Å²) in [7, 11) is -0.219. The van der Waals surface area contributed by atoms with Gasteiger partial charge in [-0.05, 0) is 36.9 Å². The van der Waals surface area contributed by atoms with E-state index in [1.165, 1.54) is 12.2 Å². The Morgan fingerprint density at radius 3 is 1.67 bits per heavy atom. The molecule has 0 unspecified atom stereocenters. The summed E-state index contributed by atoms with van der Waals surface area (Å²) in [4.78, 5) is 0. The molecule has 9 heavy (non-hydrogen) atoms. The third kappa shape index (κ3) is 8.35. The smallest absolute Gasteiger partial charge is 0.0233 e. The molecule has 0 radical (unpaired) electrons. The second-order valence-corrected chi connectivity index (χ2v) is 8.57. The van der Waals surface area contributed by atoms with Gasteiger partial charge in [-0.3, -0.25) is 0 Å². The Morgan fingerprint density at radius 2 is 1.56 bits per heavy atom. The highest BCUT2D eigenvalue weighted by Crippen LogP contribution is 2.35. The van der Waals surface area contributed by atoms with Crippen molar-refractivity contribution < 1.29 is 0 Å². The summed E-state index contributed by atoms with van der Waals surface area (Å²) in [5.41, 5.74) is 0. The van der Waals surface area contributed by atoms with E-state index in [-0.39, 0.29) is 10.0 Å². The van der Waals surface area contributed by atoms with E-state index < -0.39 is 0 Å². The Balaban J connectivity index is 3.28. The van der Waals surface area contributed by atoms with Crippen LogP contribution in [0.4, 0.5) is 0 Å². The molecule has 0 saturated heterocycles. The minimum atomic E-state index is -0.219. The van der Waals surface area contributed by atoms with Crippen molar-refractivity contribution in [3.05, 3.63) is 0 Å². The van der Waals surface area contributed by atoms with E-state index in [2.05, 4.69) is 32.6 Å². The molecule has 0 saturated carbocycles. The van der Waals surface area contributed by atoms with Crippen LogP contribution < -0.4 is 0 Å². The Hall–Kier alpha value is 0.350. The summed E-state index contributed by atoms with van der Waals surface area (Å²) >= 11 is 0. The summed E-state index contributed by atoms with van der Waals surface area (Å²) in [6, 6.07) is 0. The van der Waals surface area contributed by atoms with Gasteiger partial charge in [0.1, 0.15) is 0 Å². The van der Waals surface area contributed by atoms with Gasteiger partial charge < -0.3 is 0 Å². The normalized spacial score (nSPS) is 14.4. The zero-order chi connectivity index (χ0) is 7.49. The van der Waals surface area contributed by atoms with Crippen LogP contribution in [0.15, 0.2) is 0 Å². The molecule has 0 aromatic heterocycles. The first-order valence-corrected chi connectivity index (χ1v) is 6.60. The van der Waals surface area contributed by atoms with Crippen molar-refractivity contribution in [3.8, 4) is 0 Å². The highest BCUT2D eigenvalue weighted by molar-refractivity contribution is 8.32. The maximum Gasteiger partial charge on any atom is -0.0233 e. The van der Waals surface area contributed by atoms with Gasteiger partial charge in [-0.2, -0.15) is 0 Å². The number of hydrogen-bond donors (Lipinski definition) is 0. The quantitative estimate of drug-likeness (QED) is 0.577. The molecule has 0 rings (SSSR count). The molecule has 0 nitrogen and oxygen atoms in total. The van der Waals surface area contributed by atoms with Crippen LogP contribution in [0.5, 0.6) is 0 Å². The fourth-order valence-electron chi connectivity index (χ4n) is 0.589. The molecule has 0 aliphatic rings. The van der Waals surface area contributed by atoms with Crippen LogP contribution in [0.25, 0.3) is 0 Å². The highest BCUT2D eigenvalue weighted by atomic mass is 32.3. The van der Waals surface area contributed by atoms with E-state index in [0.29, 0.717) is 0 Å². The molecule has 0 fully saturated rings. The Kier molecular flexibility index (Phi) is 3.64. The van der Waals surface area contributed by atoms with Gasteiger partial charge in [-0.25, -0.2) is 10.0 Å². The largest absolute Gasteiger partial charge is 0.250 e. The van der Waals surface area contributed by atoms with Crippen LogP contribution in [0.3, 0.4) is 0 Å². The lowest BCUT2D eigenvalue weighted by atomic mass is 10.2. The summed E-state index contributed by atoms with van der Waals surface area (Å²) in [6.45, 7) is 4.59. The molecule has 58 valence electrons. The lowest BCUT2D eigenvalue weighted by Gasteiger charge is -2.25. The van der Waals surface area contributed by atoms with Gasteiger partial charge in [-0.1, -0.05) is 13.8 Å². The molecular formula is C8H20S. The molecule has 0 bridgehead atoms. The summed E-state index contributed by atoms with van der Waals surface area (Å²) in [5, 5.41) is 0. The fourth-order valence-corrected chi connectivity index (χ4v) is 1.77. The molecule has 0 N–H and O–H groups in total. The van der Waals surface area contributed by atoms with Crippen LogP contribution in [-0.2, 0) is 0 Å². The van der Waals surface area contributed by atoms with E-state index in [4.69, 9.17) is 0 Å². The minimum Gasteiger partial charge on any atom is -0.250 e. The molecule has 0 atom stereocenters. The van der Waals surface area contributed by atoms with E-state index in [1.807, 2.05) is 0 Å². The zero-order valence-electron chi connectivity index (χ0n) is 7.40. The van der Waals surface area contributed by atoms with E-state index in [9.17, 15) is 0 Å². The number of rotatable bonds is 3. The third-order valence-corrected chi connectivity index (χ3v) is 2.77. The van der Waals surface area contributed by atoms with Crippen LogP contribution in [0.2, 0.25) is 0 Å². The molecular weight excluding hydrogens is 128 g/mol. The van der Waals surface area contributed by atoms with Crippen molar-refractivity contribution in [2.24, 2.45) is 5.92 Å². The van der Waals surface area contributed by atoms with Gasteiger partial charge >= 0.3 is 0 Å². The molecule has 0 aromatic rings. The van der Waals surface area contributed by atoms with Crippen molar-refractivity contribution in [3.63, 3.8) is 0 Å². The molecule has 0 aromatic carbocycles. The van der Waals surface area contributed by atoms with Crippen LogP contribution in [0.1, 0.15) is 20.3 Å². The molecule has 0 amide bonds. The van der Waals surface area contributed by atoms with Crippen molar-refractivity contribution in [1.82, 2.24) is 0 Å². The average Bonchev–Trinajstić information content (AvgIpc) is 1.59. The van der Waals surface area contributed by atoms with Crippen molar-refractivity contribution in [1.29, 1.82) is 0 Å². The van der Waals surface area contributed by atoms with Gasteiger partial charge in [0.25, 0.3) is 0 Å². The molecule has 0 aliphatic heterocycles. The predicted octanol–water partition coefficient (Wildman–Crippen LogP) is 2.73. The fraction of sp³-hybridized carbons (Fsp3) is 1.00. The van der Waals surface area contributed by atoms with Gasteiger partial charge in [0.15, 0.2) is 0 Å². The van der Waals surface area contributed by atoms with Crippen LogP contribution in [0, 0.1) is 5.92 Å². The first-order chi connectivity index (χ1) is 3.92. The average molecular weight is 148 g/mol. The second kappa shape index (κ2) is 3.50. The molecule has 0 heterocycles. The highest BCUT2D eigenvalue weighted by Gasteiger charge is 2.04. The molecule has 1 heteroatoms. The minimum absolute atomic E-state index is 0.219. The van der Waals surface area contributed by atoms with Gasteiger partial charge in [0.05, 0.1) is 0 Å². The Labute approximate surface area is 61.4 Å². The third-order valence-electron chi connectivity index (χ3n) is 1.31. The van der Waals surface area contributed by atoms with E-state index >= 15 is 0 Å². The predicted molar refractivity (Wildman–Crippen MR) is 49.7 cm³/mol. The standard InChI is InChI=1S/C8H20S/c1-8(2)6-7-9(3,4)5/h8H,6-7H2,1-5H3. The van der Waals surface area contributed by atoms with Crippen molar-refractivity contribution in [2.75, 3.05) is 24.5 Å². The first kappa shape index (κ1) is 9.35. The molecule has 0 aliphatic carbocycles. The zero-order valence-corrected chi connectivity index (χ0v) is 8.22. The first-order valence-electron chi connectivity index (χ1n) is 3.58.